The zero-order valence-corrected chi connectivity index (χ0v) is 12.0. The minimum atomic E-state index is -1.04. The van der Waals surface area contributed by atoms with Crippen molar-refractivity contribution in [3.8, 4) is 0 Å². The summed E-state index contributed by atoms with van der Waals surface area (Å²) in [6.45, 7) is 8.33. The lowest BCUT2D eigenvalue weighted by Crippen LogP contribution is -2.35. The molecule has 0 saturated heterocycles. The van der Waals surface area contributed by atoms with Crippen molar-refractivity contribution in [1.82, 2.24) is 9.88 Å². The number of rotatable bonds is 3. The Labute approximate surface area is 113 Å². The first kappa shape index (κ1) is 15.1. The van der Waals surface area contributed by atoms with Gasteiger partial charge in [0.05, 0.1) is 11.3 Å². The van der Waals surface area contributed by atoms with Gasteiger partial charge in [-0.15, -0.1) is 0 Å². The lowest BCUT2D eigenvalue weighted by Gasteiger charge is -2.26. The van der Waals surface area contributed by atoms with Gasteiger partial charge in [0.2, 0.25) is 0 Å². The van der Waals surface area contributed by atoms with Crippen molar-refractivity contribution < 1.29 is 14.7 Å². The second-order valence-corrected chi connectivity index (χ2v) is 5.86. The van der Waals surface area contributed by atoms with E-state index in [2.05, 4.69) is 4.98 Å². The molecule has 0 saturated carbocycles. The second-order valence-electron chi connectivity index (χ2n) is 5.86. The average molecular weight is 264 g/mol. The molecule has 0 unspecified atom stereocenters. The van der Waals surface area contributed by atoms with Crippen LogP contribution in [0.5, 0.6) is 0 Å². The highest BCUT2D eigenvalue weighted by Crippen LogP contribution is 2.16. The molecule has 0 fully saturated rings. The fraction of sp³-hybridized carbons (Fsp3) is 0.500. The van der Waals surface area contributed by atoms with Crippen molar-refractivity contribution in [1.29, 1.82) is 0 Å². The van der Waals surface area contributed by atoms with Crippen LogP contribution in [0.25, 0.3) is 0 Å². The molecular formula is C14H20N2O3. The Morgan fingerprint density at radius 2 is 1.89 bits per heavy atom. The van der Waals surface area contributed by atoms with Gasteiger partial charge in [-0.2, -0.15) is 0 Å². The number of carboxylic acid groups (broad SMARTS) is 1. The Hall–Kier alpha value is -1.91. The number of carbonyl (C=O) groups excluding carboxylic acids is 1. The average Bonchev–Trinajstić information content (AvgIpc) is 2.24. The van der Waals surface area contributed by atoms with Gasteiger partial charge in [0, 0.05) is 13.6 Å². The van der Waals surface area contributed by atoms with E-state index < -0.39 is 5.97 Å². The molecule has 19 heavy (non-hydrogen) atoms. The predicted octanol–water partition coefficient (Wildman–Crippen LogP) is 2.21. The van der Waals surface area contributed by atoms with Gasteiger partial charge >= 0.3 is 5.97 Å². The normalized spacial score (nSPS) is 11.2. The molecule has 0 aliphatic rings. The summed E-state index contributed by atoms with van der Waals surface area (Å²) in [5.74, 6) is -1.23. The molecule has 5 heteroatoms. The van der Waals surface area contributed by atoms with Crippen molar-refractivity contribution in [2.75, 3.05) is 13.6 Å². The van der Waals surface area contributed by atoms with Crippen molar-refractivity contribution in [2.24, 2.45) is 5.41 Å². The summed E-state index contributed by atoms with van der Waals surface area (Å²) in [4.78, 5) is 28.7. The van der Waals surface area contributed by atoms with Gasteiger partial charge in [-0.3, -0.25) is 4.79 Å². The van der Waals surface area contributed by atoms with E-state index in [9.17, 15) is 9.59 Å². The Balaban J connectivity index is 2.95. The first-order chi connectivity index (χ1) is 8.61. The summed E-state index contributed by atoms with van der Waals surface area (Å²) >= 11 is 0. The van der Waals surface area contributed by atoms with Crippen LogP contribution in [0.3, 0.4) is 0 Å². The van der Waals surface area contributed by atoms with E-state index in [1.807, 2.05) is 20.8 Å². The van der Waals surface area contributed by atoms with Crippen molar-refractivity contribution in [3.63, 3.8) is 0 Å². The maximum Gasteiger partial charge on any atom is 0.337 e. The third kappa shape index (κ3) is 4.05. The Bertz CT molecular complexity index is 504. The molecule has 0 aromatic carbocycles. The molecule has 1 rings (SSSR count). The van der Waals surface area contributed by atoms with E-state index in [4.69, 9.17) is 5.11 Å². The molecule has 1 aromatic rings. The molecule has 0 atom stereocenters. The third-order valence-electron chi connectivity index (χ3n) is 2.59. The van der Waals surface area contributed by atoms with E-state index in [0.29, 0.717) is 12.2 Å². The van der Waals surface area contributed by atoms with Gasteiger partial charge in [0.15, 0.2) is 0 Å². The quantitative estimate of drug-likeness (QED) is 0.908. The van der Waals surface area contributed by atoms with Crippen molar-refractivity contribution >= 4 is 11.9 Å². The number of aromatic nitrogens is 1. The number of amides is 1. The van der Waals surface area contributed by atoms with E-state index in [-0.39, 0.29) is 22.6 Å². The molecule has 1 N–H and O–H groups in total. The van der Waals surface area contributed by atoms with Crippen LogP contribution in [-0.2, 0) is 0 Å². The lowest BCUT2D eigenvalue weighted by atomic mass is 9.96. The monoisotopic (exact) mass is 264 g/mol. The van der Waals surface area contributed by atoms with Gasteiger partial charge in [0.25, 0.3) is 5.91 Å². The number of aryl methyl sites for hydroxylation is 1. The fourth-order valence-electron chi connectivity index (χ4n) is 1.89. The summed E-state index contributed by atoms with van der Waals surface area (Å²) < 4.78 is 0. The number of pyridine rings is 1. The van der Waals surface area contributed by atoms with Crippen LogP contribution in [0.2, 0.25) is 0 Å². The molecular weight excluding hydrogens is 244 g/mol. The molecule has 0 bridgehead atoms. The minimum Gasteiger partial charge on any atom is -0.478 e. The van der Waals surface area contributed by atoms with Crippen LogP contribution in [-0.4, -0.2) is 40.5 Å². The SMILES string of the molecule is Cc1nc(C(=O)N(C)CC(C)(C)C)ccc1C(=O)O. The largest absolute Gasteiger partial charge is 0.478 e. The molecule has 1 heterocycles. The molecule has 0 aliphatic carbocycles. The summed E-state index contributed by atoms with van der Waals surface area (Å²) in [5, 5.41) is 8.92. The van der Waals surface area contributed by atoms with Crippen LogP contribution in [0.4, 0.5) is 0 Å². The topological polar surface area (TPSA) is 70.5 Å². The van der Waals surface area contributed by atoms with Gasteiger partial charge < -0.3 is 10.0 Å². The number of carboxylic acids is 1. The van der Waals surface area contributed by atoms with E-state index in [1.54, 1.807) is 18.9 Å². The van der Waals surface area contributed by atoms with Crippen LogP contribution in [0.15, 0.2) is 12.1 Å². The first-order valence-electron chi connectivity index (χ1n) is 6.08. The maximum atomic E-state index is 12.2. The van der Waals surface area contributed by atoms with Crippen LogP contribution >= 0.6 is 0 Å². The Kier molecular flexibility index (Phi) is 4.29. The predicted molar refractivity (Wildman–Crippen MR) is 72.3 cm³/mol. The summed E-state index contributed by atoms with van der Waals surface area (Å²) in [5.41, 5.74) is 0.743. The number of aromatic carboxylic acids is 1. The highest BCUT2D eigenvalue weighted by Gasteiger charge is 2.20. The molecule has 0 spiro atoms. The van der Waals surface area contributed by atoms with E-state index in [1.165, 1.54) is 12.1 Å². The van der Waals surface area contributed by atoms with Crippen LogP contribution < -0.4 is 0 Å². The smallest absolute Gasteiger partial charge is 0.337 e. The highest BCUT2D eigenvalue weighted by atomic mass is 16.4. The summed E-state index contributed by atoms with van der Waals surface area (Å²) in [6, 6.07) is 2.88. The maximum absolute atomic E-state index is 12.2. The number of hydrogen-bond donors (Lipinski definition) is 1. The number of nitrogens with zero attached hydrogens (tertiary/aromatic N) is 2. The van der Waals surface area contributed by atoms with Gasteiger partial charge in [0.1, 0.15) is 5.69 Å². The lowest BCUT2D eigenvalue weighted by molar-refractivity contribution is 0.0691. The molecule has 5 nitrogen and oxygen atoms in total. The Morgan fingerprint density at radius 3 is 2.32 bits per heavy atom. The third-order valence-corrected chi connectivity index (χ3v) is 2.59. The van der Waals surface area contributed by atoms with E-state index in [0.717, 1.165) is 0 Å². The molecule has 1 aromatic heterocycles. The first-order valence-corrected chi connectivity index (χ1v) is 6.08. The Morgan fingerprint density at radius 1 is 1.32 bits per heavy atom. The zero-order valence-electron chi connectivity index (χ0n) is 12.0. The molecule has 104 valence electrons. The van der Waals surface area contributed by atoms with Crippen molar-refractivity contribution in [2.45, 2.75) is 27.7 Å². The fourth-order valence-corrected chi connectivity index (χ4v) is 1.89. The summed E-state index contributed by atoms with van der Waals surface area (Å²) in [7, 11) is 1.72. The van der Waals surface area contributed by atoms with Gasteiger partial charge in [-0.25, -0.2) is 9.78 Å². The van der Waals surface area contributed by atoms with Crippen LogP contribution in [0.1, 0.15) is 47.3 Å². The number of carbonyl (C=O) groups is 2. The summed E-state index contributed by atoms with van der Waals surface area (Å²) in [6.07, 6.45) is 0. The molecule has 0 aliphatic heterocycles. The van der Waals surface area contributed by atoms with Gasteiger partial charge in [-0.05, 0) is 24.5 Å². The van der Waals surface area contributed by atoms with Crippen LogP contribution in [0, 0.1) is 12.3 Å². The second kappa shape index (κ2) is 5.38. The van der Waals surface area contributed by atoms with Crippen molar-refractivity contribution in [3.05, 3.63) is 29.1 Å². The minimum absolute atomic E-state index is 0.000456. The standard InChI is InChI=1S/C14H20N2O3/c1-9-10(13(18)19)6-7-11(15-9)12(17)16(5)8-14(2,3)4/h6-7H,8H2,1-5H3,(H,18,19). The highest BCUT2D eigenvalue weighted by molar-refractivity contribution is 5.94. The number of hydrogen-bond acceptors (Lipinski definition) is 3. The zero-order chi connectivity index (χ0) is 14.8. The molecule has 0 radical (unpaired) electrons. The van der Waals surface area contributed by atoms with Gasteiger partial charge in [-0.1, -0.05) is 20.8 Å². The molecule has 1 amide bonds. The van der Waals surface area contributed by atoms with E-state index >= 15 is 0 Å².